The number of hydrogen-bond acceptors (Lipinski definition) is 4. The van der Waals surface area contributed by atoms with Crippen LogP contribution in [0.1, 0.15) is 64.2 Å². The van der Waals surface area contributed by atoms with E-state index in [0.717, 1.165) is 13.0 Å². The lowest BCUT2D eigenvalue weighted by molar-refractivity contribution is 0.0286. The molecular formula is C16H30N2O3. The summed E-state index contributed by atoms with van der Waals surface area (Å²) in [4.78, 5) is 11.1. The summed E-state index contributed by atoms with van der Waals surface area (Å²) < 4.78 is 11.0. The highest BCUT2D eigenvalue weighted by Crippen LogP contribution is 2.26. The smallest absolute Gasteiger partial charge is 0.408 e. The lowest BCUT2D eigenvalue weighted by Gasteiger charge is -2.15. The molecule has 3 atom stereocenters. The number of rotatable bonds is 11. The van der Waals surface area contributed by atoms with Gasteiger partial charge in [-0.1, -0.05) is 51.4 Å². The van der Waals surface area contributed by atoms with Gasteiger partial charge in [-0.2, -0.15) is 0 Å². The molecular weight excluding hydrogens is 268 g/mol. The van der Waals surface area contributed by atoms with E-state index in [-0.39, 0.29) is 24.3 Å². The molecule has 2 heterocycles. The molecule has 2 rings (SSSR count). The normalized spacial score (nSPS) is 27.5. The average Bonchev–Trinajstić information content (AvgIpc) is 3.01. The summed E-state index contributed by atoms with van der Waals surface area (Å²) in [5.41, 5.74) is 5.47. The highest BCUT2D eigenvalue weighted by atomic mass is 16.6. The SMILES string of the molecule is NCCCCCCCCCCC[C@@H]1OC[C@@H]2NC(=O)O[C@@H]21. The molecule has 0 aromatic carbocycles. The third-order valence-electron chi connectivity index (χ3n) is 4.49. The van der Waals surface area contributed by atoms with E-state index in [1.165, 1.54) is 57.8 Å². The highest BCUT2D eigenvalue weighted by molar-refractivity contribution is 5.70. The van der Waals surface area contributed by atoms with E-state index in [4.69, 9.17) is 15.2 Å². The fraction of sp³-hybridized carbons (Fsp3) is 0.938. The van der Waals surface area contributed by atoms with Gasteiger partial charge in [0.2, 0.25) is 0 Å². The molecule has 0 bridgehead atoms. The maximum Gasteiger partial charge on any atom is 0.408 e. The van der Waals surface area contributed by atoms with E-state index in [1.54, 1.807) is 0 Å². The number of nitrogens with one attached hydrogen (secondary N) is 1. The van der Waals surface area contributed by atoms with Gasteiger partial charge in [0.25, 0.3) is 0 Å². The topological polar surface area (TPSA) is 73.6 Å². The second kappa shape index (κ2) is 9.26. The van der Waals surface area contributed by atoms with Crippen LogP contribution in [-0.4, -0.2) is 37.5 Å². The van der Waals surface area contributed by atoms with Crippen molar-refractivity contribution in [1.82, 2.24) is 5.32 Å². The number of fused-ring (bicyclic) bond motifs is 1. The number of nitrogens with two attached hydrogens (primary N) is 1. The van der Waals surface area contributed by atoms with Crippen LogP contribution in [0.5, 0.6) is 0 Å². The standard InChI is InChI=1S/C16H30N2O3/c17-11-9-7-5-3-1-2-4-6-8-10-14-15-13(12-20-14)18-16(19)21-15/h13-15H,1-12,17H2,(H,18,19)/t13-,14-,15-/m0/s1. The minimum Gasteiger partial charge on any atom is -0.441 e. The van der Waals surface area contributed by atoms with Gasteiger partial charge in [-0.15, -0.1) is 0 Å². The van der Waals surface area contributed by atoms with E-state index in [1.807, 2.05) is 0 Å². The molecule has 2 fully saturated rings. The van der Waals surface area contributed by atoms with Crippen LogP contribution in [0.3, 0.4) is 0 Å². The van der Waals surface area contributed by atoms with E-state index in [9.17, 15) is 4.79 Å². The van der Waals surface area contributed by atoms with Crippen LogP contribution in [0.25, 0.3) is 0 Å². The van der Waals surface area contributed by atoms with Crippen molar-refractivity contribution < 1.29 is 14.3 Å². The first-order valence-electron chi connectivity index (χ1n) is 8.60. The number of carbonyl (C=O) groups is 1. The van der Waals surface area contributed by atoms with E-state index in [0.29, 0.717) is 6.61 Å². The number of alkyl carbamates (subject to hydrolysis) is 1. The summed E-state index contributed by atoms with van der Waals surface area (Å²) in [6.45, 7) is 1.43. The molecule has 2 aliphatic rings. The van der Waals surface area contributed by atoms with Crippen LogP contribution in [0, 0.1) is 0 Å². The molecule has 5 nitrogen and oxygen atoms in total. The third-order valence-corrected chi connectivity index (χ3v) is 4.49. The van der Waals surface area contributed by atoms with Crippen molar-refractivity contribution in [3.63, 3.8) is 0 Å². The van der Waals surface area contributed by atoms with E-state index < -0.39 is 0 Å². The Bertz CT molecular complexity index is 312. The Hall–Kier alpha value is -0.810. The molecule has 122 valence electrons. The molecule has 0 saturated carbocycles. The van der Waals surface area contributed by atoms with Crippen molar-refractivity contribution in [2.75, 3.05) is 13.2 Å². The Morgan fingerprint density at radius 3 is 2.29 bits per heavy atom. The van der Waals surface area contributed by atoms with Crippen LogP contribution < -0.4 is 11.1 Å². The van der Waals surface area contributed by atoms with Crippen LogP contribution in [0.4, 0.5) is 4.79 Å². The summed E-state index contributed by atoms with van der Waals surface area (Å²) in [6.07, 6.45) is 12.3. The van der Waals surface area contributed by atoms with Crippen LogP contribution in [0.15, 0.2) is 0 Å². The maximum atomic E-state index is 11.1. The number of carbonyl (C=O) groups excluding carboxylic acids is 1. The largest absolute Gasteiger partial charge is 0.441 e. The van der Waals surface area contributed by atoms with E-state index >= 15 is 0 Å². The molecule has 2 saturated heterocycles. The molecule has 0 aromatic rings. The van der Waals surface area contributed by atoms with Crippen molar-refractivity contribution in [3.05, 3.63) is 0 Å². The van der Waals surface area contributed by atoms with Crippen LogP contribution in [-0.2, 0) is 9.47 Å². The van der Waals surface area contributed by atoms with Gasteiger partial charge in [0.1, 0.15) is 0 Å². The molecule has 0 unspecified atom stereocenters. The Morgan fingerprint density at radius 2 is 1.62 bits per heavy atom. The predicted octanol–water partition coefficient (Wildman–Crippen LogP) is 2.72. The number of hydrogen-bond donors (Lipinski definition) is 2. The fourth-order valence-corrected chi connectivity index (χ4v) is 3.24. The van der Waals surface area contributed by atoms with Crippen molar-refractivity contribution in [3.8, 4) is 0 Å². The molecule has 3 N–H and O–H groups in total. The molecule has 0 radical (unpaired) electrons. The molecule has 0 spiro atoms. The van der Waals surface area contributed by atoms with E-state index in [2.05, 4.69) is 5.32 Å². The van der Waals surface area contributed by atoms with Crippen molar-refractivity contribution >= 4 is 6.09 Å². The number of unbranched alkanes of at least 4 members (excludes halogenated alkanes) is 8. The number of ether oxygens (including phenoxy) is 2. The first kappa shape index (κ1) is 16.6. The highest BCUT2D eigenvalue weighted by Gasteiger charge is 2.45. The average molecular weight is 298 g/mol. The third kappa shape index (κ3) is 5.47. The van der Waals surface area contributed by atoms with Crippen molar-refractivity contribution in [2.24, 2.45) is 5.73 Å². The predicted molar refractivity (Wildman–Crippen MR) is 82.2 cm³/mol. The van der Waals surface area contributed by atoms with Gasteiger partial charge >= 0.3 is 6.09 Å². The first-order chi connectivity index (χ1) is 10.3. The zero-order chi connectivity index (χ0) is 14.9. The second-order valence-electron chi connectivity index (χ2n) is 6.25. The van der Waals surface area contributed by atoms with Gasteiger partial charge < -0.3 is 20.5 Å². The Labute approximate surface area is 127 Å². The Balaban J connectivity index is 1.41. The molecule has 21 heavy (non-hydrogen) atoms. The van der Waals surface area contributed by atoms with Crippen LogP contribution >= 0.6 is 0 Å². The van der Waals surface area contributed by atoms with Crippen LogP contribution in [0.2, 0.25) is 0 Å². The monoisotopic (exact) mass is 298 g/mol. The molecule has 0 aliphatic carbocycles. The summed E-state index contributed by atoms with van der Waals surface area (Å²) in [5.74, 6) is 0. The zero-order valence-corrected chi connectivity index (χ0v) is 13.0. The van der Waals surface area contributed by atoms with Gasteiger partial charge in [-0.25, -0.2) is 4.79 Å². The summed E-state index contributed by atoms with van der Waals surface area (Å²) in [6, 6.07) is 0.0796. The minimum atomic E-state index is -0.284. The minimum absolute atomic E-state index is 0.0555. The molecule has 1 amide bonds. The van der Waals surface area contributed by atoms with Gasteiger partial charge in [0, 0.05) is 0 Å². The Kier molecular flexibility index (Phi) is 7.30. The zero-order valence-electron chi connectivity index (χ0n) is 13.0. The fourth-order valence-electron chi connectivity index (χ4n) is 3.24. The second-order valence-corrected chi connectivity index (χ2v) is 6.25. The lowest BCUT2D eigenvalue weighted by atomic mass is 10.0. The first-order valence-corrected chi connectivity index (χ1v) is 8.60. The summed E-state index contributed by atoms with van der Waals surface area (Å²) in [7, 11) is 0. The van der Waals surface area contributed by atoms with Gasteiger partial charge in [0.05, 0.1) is 18.8 Å². The molecule has 5 heteroatoms. The number of amides is 1. The lowest BCUT2D eigenvalue weighted by Crippen LogP contribution is -2.32. The summed E-state index contributed by atoms with van der Waals surface area (Å²) >= 11 is 0. The maximum absolute atomic E-state index is 11.1. The Morgan fingerprint density at radius 1 is 1.00 bits per heavy atom. The quantitative estimate of drug-likeness (QED) is 0.575. The van der Waals surface area contributed by atoms with Gasteiger partial charge in [-0.05, 0) is 19.4 Å². The molecule has 0 aromatic heterocycles. The van der Waals surface area contributed by atoms with Crippen molar-refractivity contribution in [2.45, 2.75) is 82.5 Å². The van der Waals surface area contributed by atoms with Gasteiger partial charge in [0.15, 0.2) is 6.10 Å². The summed E-state index contributed by atoms with van der Waals surface area (Å²) in [5, 5.41) is 2.79. The van der Waals surface area contributed by atoms with Crippen molar-refractivity contribution in [1.29, 1.82) is 0 Å². The molecule has 2 aliphatic heterocycles. The van der Waals surface area contributed by atoms with Gasteiger partial charge in [-0.3, -0.25) is 0 Å².